The van der Waals surface area contributed by atoms with Gasteiger partial charge in [0.2, 0.25) is 0 Å². The fraction of sp³-hybridized carbons (Fsp3) is 1.00. The van der Waals surface area contributed by atoms with Crippen LogP contribution in [0, 0.1) is 0 Å². The molecule has 1 heterocycles. The van der Waals surface area contributed by atoms with E-state index in [0.29, 0.717) is 6.54 Å². The highest BCUT2D eigenvalue weighted by atomic mass is 16.7. The summed E-state index contributed by atoms with van der Waals surface area (Å²) in [4.78, 5) is 14.1. The Kier molecular flexibility index (Phi) is 4.65. The zero-order chi connectivity index (χ0) is 10.6. The Balaban J connectivity index is 2.67. The highest BCUT2D eigenvalue weighted by Gasteiger charge is 2.42. The molecule has 1 aliphatic heterocycles. The minimum Gasteiger partial charge on any atom is -0.364 e. The molecule has 4 unspecified atom stereocenters. The Morgan fingerprint density at radius 1 is 1.07 bits per heavy atom. The highest BCUT2D eigenvalue weighted by Crippen LogP contribution is 2.16. The molecule has 0 aromatic rings. The summed E-state index contributed by atoms with van der Waals surface area (Å²) in [6.07, 6.45) is -1.98. The van der Waals surface area contributed by atoms with Crippen molar-refractivity contribution in [2.24, 2.45) is 17.7 Å². The highest BCUT2D eigenvalue weighted by molar-refractivity contribution is 4.90. The summed E-state index contributed by atoms with van der Waals surface area (Å²) in [5, 5.41) is 2.97. The van der Waals surface area contributed by atoms with Gasteiger partial charge in [-0.15, -0.1) is 0 Å². The summed E-state index contributed by atoms with van der Waals surface area (Å²) in [5.41, 5.74) is 0. The van der Waals surface area contributed by atoms with Gasteiger partial charge in [0.15, 0.2) is 0 Å². The second kappa shape index (κ2) is 5.53. The van der Waals surface area contributed by atoms with Crippen molar-refractivity contribution < 1.29 is 19.2 Å². The first-order chi connectivity index (χ1) is 6.78. The number of hydrogen-bond acceptors (Lipinski definition) is 8. The molecule has 0 aliphatic carbocycles. The molecule has 1 aliphatic rings. The topological polar surface area (TPSA) is 127 Å². The lowest BCUT2D eigenvalue weighted by Gasteiger charge is -2.38. The van der Waals surface area contributed by atoms with Gasteiger partial charge in [-0.05, 0) is 0 Å². The van der Waals surface area contributed by atoms with Gasteiger partial charge in [-0.1, -0.05) is 0 Å². The first-order valence-electron chi connectivity index (χ1n) is 4.11. The number of rotatable bonds is 4. The number of nitrogens with one attached hydrogen (secondary N) is 1. The largest absolute Gasteiger partial charge is 0.364 e. The maximum atomic E-state index is 5.10. The Morgan fingerprint density at radius 3 is 2.14 bits per heavy atom. The van der Waals surface area contributed by atoms with Crippen molar-refractivity contribution in [1.29, 1.82) is 0 Å². The van der Waals surface area contributed by atoms with Crippen LogP contribution in [0.25, 0.3) is 0 Å². The van der Waals surface area contributed by atoms with E-state index in [0.717, 1.165) is 0 Å². The number of piperidine rings is 1. The van der Waals surface area contributed by atoms with Crippen molar-refractivity contribution in [1.82, 2.24) is 5.32 Å². The van der Waals surface area contributed by atoms with Crippen molar-refractivity contribution in [2.45, 2.75) is 24.5 Å². The second-order valence-corrected chi connectivity index (χ2v) is 2.94. The maximum Gasteiger partial charge on any atom is 0.149 e. The molecule has 8 nitrogen and oxygen atoms in total. The molecule has 0 amide bonds. The van der Waals surface area contributed by atoms with Gasteiger partial charge in [0.1, 0.15) is 24.5 Å². The molecule has 0 aromatic carbocycles. The molecule has 8 heteroatoms. The number of ether oxygens (including phenoxy) is 1. The standard InChI is InChI=1S/C6H16N4O4/c1-11-6-5(14-9)4(13-8)3(12-7)2-10-6/h3-6,10H,2,7-9H2,1H3. The monoisotopic (exact) mass is 208 g/mol. The van der Waals surface area contributed by atoms with E-state index in [1.165, 1.54) is 7.11 Å². The Bertz CT molecular complexity index is 154. The molecule has 0 spiro atoms. The number of hydrogen-bond donors (Lipinski definition) is 4. The summed E-state index contributed by atoms with van der Waals surface area (Å²) in [6.45, 7) is 0.441. The van der Waals surface area contributed by atoms with Crippen LogP contribution in [0.15, 0.2) is 0 Å². The van der Waals surface area contributed by atoms with Crippen molar-refractivity contribution in [3.63, 3.8) is 0 Å². The molecule has 14 heavy (non-hydrogen) atoms. The van der Waals surface area contributed by atoms with Gasteiger partial charge in [-0.25, -0.2) is 17.7 Å². The van der Waals surface area contributed by atoms with Crippen LogP contribution < -0.4 is 23.0 Å². The first-order valence-corrected chi connectivity index (χ1v) is 4.11. The van der Waals surface area contributed by atoms with E-state index < -0.39 is 24.5 Å². The van der Waals surface area contributed by atoms with Gasteiger partial charge in [-0.3, -0.25) is 19.8 Å². The van der Waals surface area contributed by atoms with Crippen LogP contribution in [0.5, 0.6) is 0 Å². The number of nitrogens with two attached hydrogens (primary N) is 3. The van der Waals surface area contributed by atoms with E-state index in [9.17, 15) is 0 Å². The van der Waals surface area contributed by atoms with E-state index in [4.69, 9.17) is 32.1 Å². The molecular weight excluding hydrogens is 192 g/mol. The van der Waals surface area contributed by atoms with Gasteiger partial charge in [0.25, 0.3) is 0 Å². The first kappa shape index (κ1) is 11.8. The van der Waals surface area contributed by atoms with Crippen LogP contribution in [-0.4, -0.2) is 38.2 Å². The fourth-order valence-corrected chi connectivity index (χ4v) is 1.51. The minimum absolute atomic E-state index is 0.403. The SMILES string of the molecule is COC1NCC(ON)C(ON)C1ON. The number of methoxy groups -OCH3 is 1. The fourth-order valence-electron chi connectivity index (χ4n) is 1.51. The zero-order valence-corrected chi connectivity index (χ0v) is 7.88. The van der Waals surface area contributed by atoms with Gasteiger partial charge in [-0.2, -0.15) is 0 Å². The van der Waals surface area contributed by atoms with E-state index in [-0.39, 0.29) is 0 Å². The predicted molar refractivity (Wildman–Crippen MR) is 46.0 cm³/mol. The molecule has 7 N–H and O–H groups in total. The lowest BCUT2D eigenvalue weighted by atomic mass is 10.0. The van der Waals surface area contributed by atoms with Crippen LogP contribution in [-0.2, 0) is 19.2 Å². The normalized spacial score (nSPS) is 38.6. The molecule has 1 fully saturated rings. The van der Waals surface area contributed by atoms with Gasteiger partial charge >= 0.3 is 0 Å². The third kappa shape index (κ3) is 2.19. The Labute approximate surface area is 81.4 Å². The molecule has 0 aromatic heterocycles. The summed E-state index contributed by atoms with van der Waals surface area (Å²) >= 11 is 0. The lowest BCUT2D eigenvalue weighted by Crippen LogP contribution is -2.64. The van der Waals surface area contributed by atoms with Crippen LogP contribution in [0.2, 0.25) is 0 Å². The molecule has 4 atom stereocenters. The van der Waals surface area contributed by atoms with E-state index >= 15 is 0 Å². The average Bonchev–Trinajstić information content (AvgIpc) is 2.26. The second-order valence-electron chi connectivity index (χ2n) is 2.94. The van der Waals surface area contributed by atoms with Gasteiger partial charge in [0.05, 0.1) is 0 Å². The van der Waals surface area contributed by atoms with Crippen LogP contribution in [0.3, 0.4) is 0 Å². The smallest absolute Gasteiger partial charge is 0.149 e. The average molecular weight is 208 g/mol. The summed E-state index contributed by atoms with van der Waals surface area (Å²) < 4.78 is 5.07. The van der Waals surface area contributed by atoms with E-state index in [2.05, 4.69) is 10.2 Å². The Morgan fingerprint density at radius 2 is 1.71 bits per heavy atom. The van der Waals surface area contributed by atoms with E-state index in [1.54, 1.807) is 0 Å². The lowest BCUT2D eigenvalue weighted by molar-refractivity contribution is -0.204. The van der Waals surface area contributed by atoms with Gasteiger partial charge in [0, 0.05) is 13.7 Å². The summed E-state index contributed by atoms with van der Waals surface area (Å²) in [5.74, 6) is 15.3. The molecule has 0 saturated carbocycles. The van der Waals surface area contributed by atoms with Crippen LogP contribution in [0.4, 0.5) is 0 Å². The molecule has 0 bridgehead atoms. The van der Waals surface area contributed by atoms with Gasteiger partial charge < -0.3 is 4.74 Å². The summed E-state index contributed by atoms with van der Waals surface area (Å²) in [7, 11) is 1.51. The summed E-state index contributed by atoms with van der Waals surface area (Å²) in [6, 6.07) is 0. The van der Waals surface area contributed by atoms with E-state index in [1.807, 2.05) is 0 Å². The van der Waals surface area contributed by atoms with Crippen LogP contribution in [0.1, 0.15) is 0 Å². The van der Waals surface area contributed by atoms with Crippen molar-refractivity contribution >= 4 is 0 Å². The molecule has 1 rings (SSSR count). The van der Waals surface area contributed by atoms with Crippen molar-refractivity contribution in [3.8, 4) is 0 Å². The third-order valence-electron chi connectivity index (χ3n) is 2.25. The Hall–Kier alpha value is -0.320. The van der Waals surface area contributed by atoms with Crippen molar-refractivity contribution in [3.05, 3.63) is 0 Å². The third-order valence-corrected chi connectivity index (χ3v) is 2.25. The maximum absolute atomic E-state index is 5.10. The molecule has 1 saturated heterocycles. The van der Waals surface area contributed by atoms with Crippen molar-refractivity contribution in [2.75, 3.05) is 13.7 Å². The quantitative estimate of drug-likeness (QED) is 0.369. The molecular formula is C6H16N4O4. The molecule has 84 valence electrons. The predicted octanol–water partition coefficient (Wildman–Crippen LogP) is -2.66. The molecule has 0 radical (unpaired) electrons. The minimum atomic E-state index is -0.577. The van der Waals surface area contributed by atoms with Crippen LogP contribution >= 0.6 is 0 Å². The zero-order valence-electron chi connectivity index (χ0n) is 7.88.